The van der Waals surface area contributed by atoms with Crippen molar-refractivity contribution in [3.63, 3.8) is 0 Å². The number of hydrogen-bond donors (Lipinski definition) is 2. The van der Waals surface area contributed by atoms with Gasteiger partial charge in [-0.15, -0.1) is 0 Å². The summed E-state index contributed by atoms with van der Waals surface area (Å²) in [5, 5.41) is 4.19. The lowest BCUT2D eigenvalue weighted by molar-refractivity contribution is 0.600. The monoisotopic (exact) mass is 402 g/mol. The first-order chi connectivity index (χ1) is 14.5. The molecule has 8 nitrogen and oxygen atoms in total. The first-order valence-corrected chi connectivity index (χ1v) is 10.1. The smallest absolute Gasteiger partial charge is 0.177 e. The van der Waals surface area contributed by atoms with Crippen LogP contribution in [0.2, 0.25) is 0 Å². The van der Waals surface area contributed by atoms with Gasteiger partial charge in [-0.2, -0.15) is 0 Å². The Labute approximate surface area is 175 Å². The van der Waals surface area contributed by atoms with Crippen LogP contribution in [-0.4, -0.2) is 49.3 Å². The van der Waals surface area contributed by atoms with Gasteiger partial charge in [-0.05, 0) is 33.8 Å². The van der Waals surface area contributed by atoms with Crippen molar-refractivity contribution in [1.29, 1.82) is 0 Å². The van der Waals surface area contributed by atoms with Gasteiger partial charge in [-0.1, -0.05) is 0 Å². The number of allylic oxidation sites excluding steroid dienone is 1. The summed E-state index contributed by atoms with van der Waals surface area (Å²) >= 11 is 0. The zero-order valence-corrected chi connectivity index (χ0v) is 17.9. The highest BCUT2D eigenvalue weighted by Crippen LogP contribution is 2.33. The number of hydrogen-bond acceptors (Lipinski definition) is 6. The molecule has 0 fully saturated rings. The van der Waals surface area contributed by atoms with Crippen molar-refractivity contribution in [1.82, 2.24) is 34.8 Å². The van der Waals surface area contributed by atoms with Crippen LogP contribution < -0.4 is 5.32 Å². The summed E-state index contributed by atoms with van der Waals surface area (Å²) in [4.78, 5) is 25.7. The van der Waals surface area contributed by atoms with Crippen LogP contribution >= 0.6 is 0 Å². The van der Waals surface area contributed by atoms with Gasteiger partial charge in [0.25, 0.3) is 0 Å². The standard InChI is InChI=1S/C22H26N8/c1-6-24-9-16(8-23-5)20-19-17(11-26-22(19)28-12-27-20)15-7-18-21(25-10-15)29-14(4)30(18)13(2)3/h7-13,24H,6H2,1-5H3,(H,26,27,28)/b16-9+,23-8?. The number of fused-ring (bicyclic) bond motifs is 2. The third-order valence-corrected chi connectivity index (χ3v) is 5.02. The van der Waals surface area contributed by atoms with Gasteiger partial charge in [0, 0.05) is 61.1 Å². The highest BCUT2D eigenvalue weighted by Gasteiger charge is 2.18. The summed E-state index contributed by atoms with van der Waals surface area (Å²) in [5.74, 6) is 0.961. The van der Waals surface area contributed by atoms with Crippen molar-refractivity contribution in [2.45, 2.75) is 33.7 Å². The number of imidazole rings is 1. The van der Waals surface area contributed by atoms with Crippen molar-refractivity contribution in [2.24, 2.45) is 4.99 Å². The maximum Gasteiger partial charge on any atom is 0.177 e. The van der Waals surface area contributed by atoms with E-state index in [1.165, 1.54) is 0 Å². The van der Waals surface area contributed by atoms with E-state index in [0.717, 1.165) is 57.0 Å². The normalized spacial score (nSPS) is 12.7. The quantitative estimate of drug-likeness (QED) is 0.477. The van der Waals surface area contributed by atoms with Crippen LogP contribution in [-0.2, 0) is 0 Å². The summed E-state index contributed by atoms with van der Waals surface area (Å²) < 4.78 is 2.21. The lowest BCUT2D eigenvalue weighted by atomic mass is 10.0. The zero-order valence-electron chi connectivity index (χ0n) is 17.9. The average molecular weight is 403 g/mol. The number of aromatic nitrogens is 6. The molecule has 0 radical (unpaired) electrons. The molecule has 0 saturated carbocycles. The van der Waals surface area contributed by atoms with Gasteiger partial charge in [-0.25, -0.2) is 19.9 Å². The number of nitrogens with one attached hydrogen (secondary N) is 2. The number of pyridine rings is 1. The molecule has 8 heteroatoms. The average Bonchev–Trinajstić information content (AvgIpc) is 3.30. The minimum Gasteiger partial charge on any atom is -0.391 e. The SMILES string of the molecule is CCN/C=C(\C=NC)c1ncnc2[nH]cc(-c3cnc4nc(C)n(C(C)C)c4c3)c12. The van der Waals surface area contributed by atoms with E-state index < -0.39 is 0 Å². The molecule has 4 aromatic heterocycles. The minimum absolute atomic E-state index is 0.296. The van der Waals surface area contributed by atoms with Gasteiger partial charge in [0.15, 0.2) is 5.65 Å². The van der Waals surface area contributed by atoms with Crippen molar-refractivity contribution < 1.29 is 0 Å². The highest BCUT2D eigenvalue weighted by atomic mass is 15.1. The lowest BCUT2D eigenvalue weighted by Gasteiger charge is -2.11. The van der Waals surface area contributed by atoms with E-state index in [0.29, 0.717) is 6.04 Å². The third-order valence-electron chi connectivity index (χ3n) is 5.02. The van der Waals surface area contributed by atoms with Gasteiger partial charge < -0.3 is 14.9 Å². The Morgan fingerprint density at radius 1 is 1.30 bits per heavy atom. The van der Waals surface area contributed by atoms with E-state index in [9.17, 15) is 0 Å². The van der Waals surface area contributed by atoms with E-state index >= 15 is 0 Å². The molecule has 4 rings (SSSR count). The van der Waals surface area contributed by atoms with E-state index in [1.54, 1.807) is 19.6 Å². The number of aliphatic imine (C=N–C) groups is 1. The van der Waals surface area contributed by atoms with Gasteiger partial charge in [-0.3, -0.25) is 4.99 Å². The molecule has 0 atom stereocenters. The molecule has 0 aromatic carbocycles. The van der Waals surface area contributed by atoms with Crippen LogP contribution in [0, 0.1) is 6.92 Å². The van der Waals surface area contributed by atoms with Crippen molar-refractivity contribution >= 4 is 34.0 Å². The molecule has 4 aromatic rings. The van der Waals surface area contributed by atoms with Crippen LogP contribution in [0.25, 0.3) is 38.9 Å². The number of aryl methyl sites for hydroxylation is 1. The molecule has 0 aliphatic carbocycles. The summed E-state index contributed by atoms with van der Waals surface area (Å²) in [7, 11) is 1.75. The van der Waals surface area contributed by atoms with E-state index in [4.69, 9.17) is 0 Å². The first kappa shape index (κ1) is 19.8. The molecule has 4 heterocycles. The summed E-state index contributed by atoms with van der Waals surface area (Å²) in [6.07, 6.45) is 9.13. The van der Waals surface area contributed by atoms with E-state index in [1.807, 2.05) is 25.5 Å². The summed E-state index contributed by atoms with van der Waals surface area (Å²) in [6.45, 7) is 9.19. The molecule has 2 N–H and O–H groups in total. The molecule has 0 bridgehead atoms. The Balaban J connectivity index is 1.95. The van der Waals surface area contributed by atoms with Crippen LogP contribution in [0.1, 0.15) is 38.3 Å². The second kappa shape index (κ2) is 8.06. The predicted molar refractivity (Wildman–Crippen MR) is 122 cm³/mol. The molecule has 154 valence electrons. The van der Waals surface area contributed by atoms with E-state index in [-0.39, 0.29) is 0 Å². The molecule has 0 amide bonds. The lowest BCUT2D eigenvalue weighted by Crippen LogP contribution is -2.06. The zero-order chi connectivity index (χ0) is 21.3. The Bertz CT molecular complexity index is 1260. The number of aromatic amines is 1. The molecule has 0 aliphatic rings. The molecule has 0 saturated heterocycles. The van der Waals surface area contributed by atoms with Crippen LogP contribution in [0.4, 0.5) is 0 Å². The molecule has 0 aliphatic heterocycles. The second-order valence-corrected chi connectivity index (χ2v) is 7.38. The van der Waals surface area contributed by atoms with Crippen molar-refractivity contribution in [3.05, 3.63) is 42.5 Å². The largest absolute Gasteiger partial charge is 0.391 e. The van der Waals surface area contributed by atoms with Gasteiger partial charge >= 0.3 is 0 Å². The third kappa shape index (κ3) is 3.34. The van der Waals surface area contributed by atoms with Crippen LogP contribution in [0.15, 0.2) is 36.0 Å². The molecule has 30 heavy (non-hydrogen) atoms. The van der Waals surface area contributed by atoms with Crippen molar-refractivity contribution in [3.8, 4) is 11.1 Å². The molecule has 0 unspecified atom stereocenters. The van der Waals surface area contributed by atoms with Gasteiger partial charge in [0.2, 0.25) is 0 Å². The number of H-pyrrole nitrogens is 1. The van der Waals surface area contributed by atoms with Crippen LogP contribution in [0.5, 0.6) is 0 Å². The maximum atomic E-state index is 4.63. The fourth-order valence-corrected chi connectivity index (χ4v) is 3.82. The number of rotatable bonds is 6. The highest BCUT2D eigenvalue weighted by molar-refractivity contribution is 6.15. The van der Waals surface area contributed by atoms with Gasteiger partial charge in [0.05, 0.1) is 16.6 Å². The van der Waals surface area contributed by atoms with E-state index in [2.05, 4.69) is 66.6 Å². The topological polar surface area (TPSA) is 96.7 Å². The Morgan fingerprint density at radius 3 is 2.87 bits per heavy atom. The fraction of sp³-hybridized carbons (Fsp3) is 0.318. The fourth-order valence-electron chi connectivity index (χ4n) is 3.82. The Kier molecular flexibility index (Phi) is 5.31. The Morgan fingerprint density at radius 2 is 2.13 bits per heavy atom. The van der Waals surface area contributed by atoms with Crippen LogP contribution in [0.3, 0.4) is 0 Å². The maximum absolute atomic E-state index is 4.63. The second-order valence-electron chi connectivity index (χ2n) is 7.38. The Hall–Kier alpha value is -3.55. The summed E-state index contributed by atoms with van der Waals surface area (Å²) in [5.41, 5.74) is 6.24. The van der Waals surface area contributed by atoms with Crippen molar-refractivity contribution in [2.75, 3.05) is 13.6 Å². The first-order valence-electron chi connectivity index (χ1n) is 10.1. The molecule has 0 spiro atoms. The number of nitrogens with zero attached hydrogens (tertiary/aromatic N) is 6. The summed E-state index contributed by atoms with van der Waals surface area (Å²) in [6, 6.07) is 2.44. The molecular weight excluding hydrogens is 376 g/mol. The van der Waals surface area contributed by atoms with Gasteiger partial charge in [0.1, 0.15) is 17.8 Å². The minimum atomic E-state index is 0.296. The molecular formula is C22H26N8. The predicted octanol–water partition coefficient (Wildman–Crippen LogP) is 3.91.